The van der Waals surface area contributed by atoms with Gasteiger partial charge in [0.25, 0.3) is 0 Å². The number of nitrogens with zero attached hydrogens (tertiary/aromatic N) is 3. The predicted molar refractivity (Wildman–Crippen MR) is 167 cm³/mol. The van der Waals surface area contributed by atoms with E-state index in [2.05, 4.69) is 133 Å². The predicted octanol–water partition coefficient (Wildman–Crippen LogP) is 9.52. The summed E-state index contributed by atoms with van der Waals surface area (Å²) in [4.78, 5) is 10.4. The number of fused-ring (bicyclic) bond motifs is 6. The second kappa shape index (κ2) is 8.89. The molecule has 6 aromatic carbocycles. The number of rotatable bonds is 3. The lowest BCUT2D eigenvalue weighted by Gasteiger charge is -2.13. The summed E-state index contributed by atoms with van der Waals surface area (Å²) in [5.74, 6) is 0.682. The zero-order valence-corrected chi connectivity index (χ0v) is 22.0. The Morgan fingerprint density at radius 2 is 1.07 bits per heavy atom. The Morgan fingerprint density at radius 3 is 1.88 bits per heavy atom. The van der Waals surface area contributed by atoms with Gasteiger partial charge >= 0.3 is 0 Å². The normalized spacial score (nSPS) is 11.6. The topological polar surface area (TPSA) is 30.7 Å². The quantitative estimate of drug-likeness (QED) is 0.236. The smallest absolute Gasteiger partial charge is 0.235 e. The van der Waals surface area contributed by atoms with Crippen molar-refractivity contribution in [3.63, 3.8) is 0 Å². The largest absolute Gasteiger partial charge is 0.278 e. The molecule has 0 aliphatic rings. The monoisotopic (exact) mass is 511 g/mol. The maximum Gasteiger partial charge on any atom is 0.235 e. The average Bonchev–Trinajstić information content (AvgIpc) is 3.35. The Balaban J connectivity index is 1.41. The Hall–Kier alpha value is -5.28. The lowest BCUT2D eigenvalue weighted by Crippen LogP contribution is -2.03. The van der Waals surface area contributed by atoms with Gasteiger partial charge in [0.1, 0.15) is 0 Å². The highest BCUT2D eigenvalue weighted by Gasteiger charge is 2.19. The van der Waals surface area contributed by atoms with Crippen LogP contribution in [0.4, 0.5) is 0 Å². The first-order chi connectivity index (χ1) is 19.8. The molecule has 188 valence electrons. The van der Waals surface area contributed by atoms with E-state index in [0.717, 1.165) is 33.2 Å². The Kier molecular flexibility index (Phi) is 5.04. The van der Waals surface area contributed by atoms with Crippen molar-refractivity contribution >= 4 is 43.5 Å². The van der Waals surface area contributed by atoms with Crippen molar-refractivity contribution in [2.24, 2.45) is 0 Å². The van der Waals surface area contributed by atoms with Crippen molar-refractivity contribution in [3.8, 4) is 28.3 Å². The van der Waals surface area contributed by atoms with Gasteiger partial charge < -0.3 is 0 Å². The van der Waals surface area contributed by atoms with Gasteiger partial charge in [-0.25, -0.2) is 9.97 Å². The van der Waals surface area contributed by atoms with Gasteiger partial charge in [0.15, 0.2) is 0 Å². The molecule has 0 bridgehead atoms. The lowest BCUT2D eigenvalue weighted by molar-refractivity contribution is 1.01. The number of para-hydroxylation sites is 2. The average molecular weight is 512 g/mol. The molecule has 2 heterocycles. The number of hydrogen-bond acceptors (Lipinski definition) is 2. The fourth-order valence-electron chi connectivity index (χ4n) is 6.06. The zero-order chi connectivity index (χ0) is 26.6. The maximum absolute atomic E-state index is 5.28. The molecule has 0 amide bonds. The molecular weight excluding hydrogens is 486 g/mol. The third-order valence-corrected chi connectivity index (χ3v) is 7.94. The van der Waals surface area contributed by atoms with E-state index in [4.69, 9.17) is 9.97 Å². The van der Waals surface area contributed by atoms with E-state index in [0.29, 0.717) is 5.95 Å². The van der Waals surface area contributed by atoms with Crippen molar-refractivity contribution in [1.82, 2.24) is 14.5 Å². The van der Waals surface area contributed by atoms with Crippen molar-refractivity contribution in [1.29, 1.82) is 0 Å². The van der Waals surface area contributed by atoms with Gasteiger partial charge in [-0.15, -0.1) is 0 Å². The summed E-state index contributed by atoms with van der Waals surface area (Å²) in [6.07, 6.45) is 0. The molecule has 0 aliphatic carbocycles. The van der Waals surface area contributed by atoms with E-state index >= 15 is 0 Å². The zero-order valence-electron chi connectivity index (χ0n) is 22.0. The Labute approximate surface area is 232 Å². The van der Waals surface area contributed by atoms with Crippen molar-refractivity contribution in [3.05, 3.63) is 139 Å². The SMILES string of the molecule is Cc1cc2c(c3ccccc13)c1ccccc1n2-c1nc(-c2ccc(-c3ccccc3)cc2)c2ccccc2n1. The van der Waals surface area contributed by atoms with Gasteiger partial charge in [0.05, 0.1) is 22.2 Å². The Bertz CT molecular complexity index is 2210. The molecule has 3 heteroatoms. The van der Waals surface area contributed by atoms with Gasteiger partial charge in [-0.1, -0.05) is 115 Å². The Morgan fingerprint density at radius 1 is 0.475 bits per heavy atom. The molecule has 0 spiro atoms. The minimum Gasteiger partial charge on any atom is -0.278 e. The van der Waals surface area contributed by atoms with E-state index in [9.17, 15) is 0 Å². The van der Waals surface area contributed by atoms with Crippen LogP contribution in [0, 0.1) is 6.92 Å². The summed E-state index contributed by atoms with van der Waals surface area (Å²) in [7, 11) is 0. The van der Waals surface area contributed by atoms with Gasteiger partial charge in [0, 0.05) is 21.7 Å². The third-order valence-electron chi connectivity index (χ3n) is 7.94. The van der Waals surface area contributed by atoms with E-state index in [-0.39, 0.29) is 0 Å². The second-order valence-electron chi connectivity index (χ2n) is 10.3. The fourth-order valence-corrected chi connectivity index (χ4v) is 6.06. The van der Waals surface area contributed by atoms with Crippen molar-refractivity contribution in [2.45, 2.75) is 6.92 Å². The molecule has 0 aliphatic heterocycles. The third kappa shape index (κ3) is 3.45. The first-order valence-corrected chi connectivity index (χ1v) is 13.6. The van der Waals surface area contributed by atoms with Crippen LogP contribution in [0.2, 0.25) is 0 Å². The van der Waals surface area contributed by atoms with Crippen LogP contribution in [0.25, 0.3) is 71.8 Å². The maximum atomic E-state index is 5.28. The molecule has 8 aromatic rings. The van der Waals surface area contributed by atoms with Crippen LogP contribution in [-0.4, -0.2) is 14.5 Å². The molecule has 0 radical (unpaired) electrons. The molecule has 0 saturated heterocycles. The minimum absolute atomic E-state index is 0.682. The molecule has 0 atom stereocenters. The molecule has 8 rings (SSSR count). The summed E-state index contributed by atoms with van der Waals surface area (Å²) < 4.78 is 2.23. The van der Waals surface area contributed by atoms with Crippen LogP contribution in [0.3, 0.4) is 0 Å². The first-order valence-electron chi connectivity index (χ1n) is 13.6. The summed E-state index contributed by atoms with van der Waals surface area (Å²) in [6.45, 7) is 2.19. The summed E-state index contributed by atoms with van der Waals surface area (Å²) >= 11 is 0. The molecular formula is C37H25N3. The summed E-state index contributed by atoms with van der Waals surface area (Å²) in [5, 5.41) is 6.02. The van der Waals surface area contributed by atoms with Crippen LogP contribution < -0.4 is 0 Å². The highest BCUT2D eigenvalue weighted by Crippen LogP contribution is 2.38. The van der Waals surface area contributed by atoms with Gasteiger partial charge in [-0.2, -0.15) is 0 Å². The lowest BCUT2D eigenvalue weighted by atomic mass is 10.00. The summed E-state index contributed by atoms with van der Waals surface area (Å²) in [6, 6.07) is 47.0. The van der Waals surface area contributed by atoms with Gasteiger partial charge in [-0.3, -0.25) is 4.57 Å². The fraction of sp³-hybridized carbons (Fsp3) is 0.0270. The van der Waals surface area contributed by atoms with Gasteiger partial charge in [-0.05, 0) is 52.6 Å². The van der Waals surface area contributed by atoms with Crippen molar-refractivity contribution in [2.75, 3.05) is 0 Å². The van der Waals surface area contributed by atoms with Crippen LogP contribution >= 0.6 is 0 Å². The first kappa shape index (κ1) is 22.7. The minimum atomic E-state index is 0.682. The van der Waals surface area contributed by atoms with E-state index in [1.165, 1.54) is 38.2 Å². The molecule has 2 aromatic heterocycles. The standard InChI is InChI=1S/C37H25N3/c1-24-23-34-35(29-14-6-5-13-28(24)29)31-16-8-10-18-33(31)40(34)37-38-32-17-9-7-15-30(32)36(39-37)27-21-19-26(20-22-27)25-11-3-2-4-12-25/h2-23H,1H3. The molecule has 3 nitrogen and oxygen atoms in total. The van der Waals surface area contributed by atoms with E-state index < -0.39 is 0 Å². The number of hydrogen-bond donors (Lipinski definition) is 0. The van der Waals surface area contributed by atoms with Crippen LogP contribution in [-0.2, 0) is 0 Å². The van der Waals surface area contributed by atoms with Gasteiger partial charge in [0.2, 0.25) is 5.95 Å². The highest BCUT2D eigenvalue weighted by molar-refractivity contribution is 6.21. The van der Waals surface area contributed by atoms with E-state index in [1.54, 1.807) is 0 Å². The molecule has 40 heavy (non-hydrogen) atoms. The molecule has 0 fully saturated rings. The number of aromatic nitrogens is 3. The molecule has 0 N–H and O–H groups in total. The summed E-state index contributed by atoms with van der Waals surface area (Å²) in [5.41, 5.74) is 8.79. The highest BCUT2D eigenvalue weighted by atomic mass is 15.2. The molecule has 0 saturated carbocycles. The molecule has 0 unspecified atom stereocenters. The van der Waals surface area contributed by atoms with E-state index in [1.807, 2.05) is 12.1 Å². The van der Waals surface area contributed by atoms with Crippen LogP contribution in [0.5, 0.6) is 0 Å². The number of benzene rings is 6. The van der Waals surface area contributed by atoms with Crippen LogP contribution in [0.15, 0.2) is 133 Å². The van der Waals surface area contributed by atoms with Crippen LogP contribution in [0.1, 0.15) is 5.56 Å². The second-order valence-corrected chi connectivity index (χ2v) is 10.3. The number of aryl methyl sites for hydroxylation is 1. The van der Waals surface area contributed by atoms with Crippen molar-refractivity contribution < 1.29 is 0 Å².